The zero-order valence-corrected chi connectivity index (χ0v) is 12.4. The Morgan fingerprint density at radius 3 is 2.47 bits per heavy atom. The van der Waals surface area contributed by atoms with Gasteiger partial charge in [0.05, 0.1) is 19.8 Å². The zero-order valence-electron chi connectivity index (χ0n) is 12.4. The van der Waals surface area contributed by atoms with Crippen LogP contribution in [0, 0.1) is 0 Å². The van der Waals surface area contributed by atoms with Crippen LogP contribution < -0.4 is 5.32 Å². The largest absolute Gasteiger partial charge is 0.382 e. The number of hydrogen-bond donors (Lipinski definition) is 1. The van der Waals surface area contributed by atoms with E-state index in [4.69, 9.17) is 9.47 Å². The highest BCUT2D eigenvalue weighted by atomic mass is 16.5. The molecule has 0 saturated heterocycles. The summed E-state index contributed by atoms with van der Waals surface area (Å²) >= 11 is 0. The van der Waals surface area contributed by atoms with Crippen molar-refractivity contribution in [3.8, 4) is 0 Å². The number of rotatable bonds is 10. The van der Waals surface area contributed by atoms with Crippen molar-refractivity contribution in [1.82, 2.24) is 5.32 Å². The molecule has 0 atom stereocenters. The first-order chi connectivity index (χ1) is 9.14. The first-order valence-corrected chi connectivity index (χ1v) is 7.00. The van der Waals surface area contributed by atoms with Crippen molar-refractivity contribution in [1.29, 1.82) is 0 Å². The SMILES string of the molecule is COCCOCCNC(C)(C)CCc1ccccc1. The Balaban J connectivity index is 2.13. The van der Waals surface area contributed by atoms with Crippen molar-refractivity contribution in [2.45, 2.75) is 32.2 Å². The van der Waals surface area contributed by atoms with Gasteiger partial charge in [0.25, 0.3) is 0 Å². The van der Waals surface area contributed by atoms with Gasteiger partial charge in [-0.2, -0.15) is 0 Å². The third-order valence-corrected chi connectivity index (χ3v) is 3.16. The molecule has 0 amide bonds. The van der Waals surface area contributed by atoms with E-state index in [9.17, 15) is 0 Å². The Hall–Kier alpha value is -0.900. The minimum absolute atomic E-state index is 0.139. The fourth-order valence-corrected chi connectivity index (χ4v) is 1.90. The molecule has 1 rings (SSSR count). The summed E-state index contributed by atoms with van der Waals surface area (Å²) in [6.07, 6.45) is 2.22. The van der Waals surface area contributed by atoms with Gasteiger partial charge in [0, 0.05) is 19.2 Å². The molecule has 0 aliphatic carbocycles. The van der Waals surface area contributed by atoms with Gasteiger partial charge >= 0.3 is 0 Å². The highest BCUT2D eigenvalue weighted by Crippen LogP contribution is 2.13. The van der Waals surface area contributed by atoms with Gasteiger partial charge in [0.2, 0.25) is 0 Å². The second-order valence-electron chi connectivity index (χ2n) is 5.40. The van der Waals surface area contributed by atoms with Crippen LogP contribution in [0.25, 0.3) is 0 Å². The fourth-order valence-electron chi connectivity index (χ4n) is 1.90. The molecule has 3 heteroatoms. The highest BCUT2D eigenvalue weighted by molar-refractivity contribution is 5.15. The van der Waals surface area contributed by atoms with Crippen LogP contribution in [-0.2, 0) is 15.9 Å². The van der Waals surface area contributed by atoms with Crippen LogP contribution in [0.3, 0.4) is 0 Å². The molecule has 0 spiro atoms. The van der Waals surface area contributed by atoms with Crippen molar-refractivity contribution in [3.05, 3.63) is 35.9 Å². The number of hydrogen-bond acceptors (Lipinski definition) is 3. The average molecular weight is 265 g/mol. The average Bonchev–Trinajstić information content (AvgIpc) is 2.42. The van der Waals surface area contributed by atoms with Crippen molar-refractivity contribution < 1.29 is 9.47 Å². The molecule has 1 aromatic rings. The topological polar surface area (TPSA) is 30.5 Å². The van der Waals surface area contributed by atoms with Crippen molar-refractivity contribution >= 4 is 0 Å². The van der Waals surface area contributed by atoms with E-state index in [1.54, 1.807) is 7.11 Å². The molecular formula is C16H27NO2. The summed E-state index contributed by atoms with van der Waals surface area (Å²) in [5, 5.41) is 3.54. The maximum absolute atomic E-state index is 5.44. The third kappa shape index (κ3) is 7.98. The van der Waals surface area contributed by atoms with E-state index in [1.165, 1.54) is 5.56 Å². The smallest absolute Gasteiger partial charge is 0.0700 e. The quantitative estimate of drug-likeness (QED) is 0.660. The minimum Gasteiger partial charge on any atom is -0.382 e. The van der Waals surface area contributed by atoms with Gasteiger partial charge in [-0.1, -0.05) is 30.3 Å². The molecule has 0 saturated carbocycles. The van der Waals surface area contributed by atoms with Gasteiger partial charge < -0.3 is 14.8 Å². The Bertz CT molecular complexity index is 325. The first kappa shape index (κ1) is 16.2. The van der Waals surface area contributed by atoms with E-state index in [0.29, 0.717) is 13.2 Å². The molecule has 0 bridgehead atoms. The van der Waals surface area contributed by atoms with Crippen molar-refractivity contribution in [3.63, 3.8) is 0 Å². The van der Waals surface area contributed by atoms with Gasteiger partial charge in [0.15, 0.2) is 0 Å². The molecule has 0 aromatic heterocycles. The van der Waals surface area contributed by atoms with Crippen LogP contribution in [0.1, 0.15) is 25.8 Å². The summed E-state index contributed by atoms with van der Waals surface area (Å²) in [5.41, 5.74) is 1.54. The molecule has 0 radical (unpaired) electrons. The third-order valence-electron chi connectivity index (χ3n) is 3.16. The minimum atomic E-state index is 0.139. The molecule has 19 heavy (non-hydrogen) atoms. The van der Waals surface area contributed by atoms with E-state index >= 15 is 0 Å². The molecule has 1 aromatic carbocycles. The normalized spacial score (nSPS) is 11.7. The molecule has 1 N–H and O–H groups in total. The van der Waals surface area contributed by atoms with Gasteiger partial charge in [-0.25, -0.2) is 0 Å². The summed E-state index contributed by atoms with van der Waals surface area (Å²) in [6.45, 7) is 7.43. The lowest BCUT2D eigenvalue weighted by Gasteiger charge is -2.26. The van der Waals surface area contributed by atoms with Crippen LogP contribution in [0.5, 0.6) is 0 Å². The van der Waals surface area contributed by atoms with E-state index in [0.717, 1.165) is 26.0 Å². The van der Waals surface area contributed by atoms with Gasteiger partial charge in [-0.15, -0.1) is 0 Å². The molecule has 0 unspecified atom stereocenters. The molecule has 0 fully saturated rings. The summed E-state index contributed by atoms with van der Waals surface area (Å²) in [6, 6.07) is 10.6. The van der Waals surface area contributed by atoms with Crippen LogP contribution in [0.15, 0.2) is 30.3 Å². The molecule has 0 heterocycles. The Morgan fingerprint density at radius 2 is 1.79 bits per heavy atom. The van der Waals surface area contributed by atoms with Crippen LogP contribution in [0.2, 0.25) is 0 Å². The summed E-state index contributed by atoms with van der Waals surface area (Å²) in [4.78, 5) is 0. The second kappa shape index (κ2) is 9.08. The summed E-state index contributed by atoms with van der Waals surface area (Å²) in [5.74, 6) is 0. The molecule has 0 aliphatic rings. The van der Waals surface area contributed by atoms with Crippen LogP contribution in [0.4, 0.5) is 0 Å². The Labute approximate surface area is 117 Å². The van der Waals surface area contributed by atoms with Gasteiger partial charge in [-0.3, -0.25) is 0 Å². The van der Waals surface area contributed by atoms with Gasteiger partial charge in [0.1, 0.15) is 0 Å². The lowest BCUT2D eigenvalue weighted by atomic mass is 9.95. The molecule has 0 aliphatic heterocycles. The first-order valence-electron chi connectivity index (χ1n) is 7.00. The predicted molar refractivity (Wildman–Crippen MR) is 79.5 cm³/mol. The lowest BCUT2D eigenvalue weighted by Crippen LogP contribution is -2.41. The van der Waals surface area contributed by atoms with Crippen LogP contribution >= 0.6 is 0 Å². The number of aryl methyl sites for hydroxylation is 1. The maximum Gasteiger partial charge on any atom is 0.0700 e. The number of ether oxygens (including phenoxy) is 2. The van der Waals surface area contributed by atoms with Crippen molar-refractivity contribution in [2.75, 3.05) is 33.5 Å². The standard InChI is InChI=1S/C16H27NO2/c1-16(2,17-11-12-19-14-13-18-3)10-9-15-7-5-4-6-8-15/h4-8,17H,9-14H2,1-3H3. The molecular weight excluding hydrogens is 238 g/mol. The monoisotopic (exact) mass is 265 g/mol. The Morgan fingerprint density at radius 1 is 1.05 bits per heavy atom. The van der Waals surface area contributed by atoms with E-state index < -0.39 is 0 Å². The number of benzene rings is 1. The highest BCUT2D eigenvalue weighted by Gasteiger charge is 2.16. The molecule has 3 nitrogen and oxygen atoms in total. The van der Waals surface area contributed by atoms with E-state index in [-0.39, 0.29) is 5.54 Å². The second-order valence-corrected chi connectivity index (χ2v) is 5.40. The predicted octanol–water partition coefficient (Wildman–Crippen LogP) is 2.65. The zero-order chi connectivity index (χ0) is 14.0. The Kier molecular flexibility index (Phi) is 7.72. The summed E-state index contributed by atoms with van der Waals surface area (Å²) < 4.78 is 10.4. The lowest BCUT2D eigenvalue weighted by molar-refractivity contribution is 0.0693. The fraction of sp³-hybridized carbons (Fsp3) is 0.625. The van der Waals surface area contributed by atoms with Crippen molar-refractivity contribution in [2.24, 2.45) is 0 Å². The van der Waals surface area contributed by atoms with E-state index in [1.807, 2.05) is 0 Å². The van der Waals surface area contributed by atoms with E-state index in [2.05, 4.69) is 49.5 Å². The van der Waals surface area contributed by atoms with Crippen LogP contribution in [-0.4, -0.2) is 39.0 Å². The number of methoxy groups -OCH3 is 1. The molecule has 108 valence electrons. The maximum atomic E-state index is 5.44. The van der Waals surface area contributed by atoms with Gasteiger partial charge in [-0.05, 0) is 32.3 Å². The summed E-state index contributed by atoms with van der Waals surface area (Å²) in [7, 11) is 1.69. The number of nitrogens with one attached hydrogen (secondary N) is 1.